The lowest BCUT2D eigenvalue weighted by Crippen LogP contribution is -2.27. The van der Waals surface area contributed by atoms with Crippen LogP contribution in [0.2, 0.25) is 10.0 Å². The summed E-state index contributed by atoms with van der Waals surface area (Å²) in [5, 5.41) is 6.81. The Morgan fingerprint density at radius 1 is 1.17 bits per heavy atom. The number of benzene rings is 2. The Labute approximate surface area is 144 Å². The van der Waals surface area contributed by atoms with E-state index in [1.165, 1.54) is 0 Å². The maximum atomic E-state index is 11.9. The van der Waals surface area contributed by atoms with Crippen molar-refractivity contribution in [1.29, 1.82) is 0 Å². The van der Waals surface area contributed by atoms with Crippen molar-refractivity contribution in [2.24, 2.45) is 0 Å². The summed E-state index contributed by atoms with van der Waals surface area (Å²) >= 11 is 11.9. The van der Waals surface area contributed by atoms with Crippen LogP contribution in [0.3, 0.4) is 0 Å². The van der Waals surface area contributed by atoms with Gasteiger partial charge in [0, 0.05) is 24.9 Å². The highest BCUT2D eigenvalue weighted by molar-refractivity contribution is 6.42. The third kappa shape index (κ3) is 4.76. The molecule has 2 aromatic rings. The first-order chi connectivity index (χ1) is 11.0. The summed E-state index contributed by atoms with van der Waals surface area (Å²) < 4.78 is 4.89. The number of anilines is 3. The highest BCUT2D eigenvalue weighted by atomic mass is 35.5. The largest absolute Gasteiger partial charge is 0.397 e. The van der Waals surface area contributed by atoms with E-state index in [0.717, 1.165) is 5.69 Å². The summed E-state index contributed by atoms with van der Waals surface area (Å²) in [6.07, 6.45) is 0. The summed E-state index contributed by atoms with van der Waals surface area (Å²) in [6, 6.07) is 10.2. The smallest absolute Gasteiger partial charge is 0.251 e. The molecule has 0 aliphatic carbocycles. The van der Waals surface area contributed by atoms with E-state index >= 15 is 0 Å². The molecule has 0 aromatic heterocycles. The maximum Gasteiger partial charge on any atom is 0.251 e. The van der Waals surface area contributed by atoms with Crippen LogP contribution in [0.5, 0.6) is 0 Å². The van der Waals surface area contributed by atoms with Crippen molar-refractivity contribution in [2.75, 3.05) is 31.3 Å². The number of rotatable bonds is 6. The first-order valence-electron chi connectivity index (χ1n) is 6.90. The highest BCUT2D eigenvalue weighted by Gasteiger charge is 2.08. The van der Waals surface area contributed by atoms with Gasteiger partial charge in [0.1, 0.15) is 0 Å². The van der Waals surface area contributed by atoms with Gasteiger partial charge in [-0.15, -0.1) is 0 Å². The van der Waals surface area contributed by atoms with Crippen molar-refractivity contribution in [2.45, 2.75) is 0 Å². The molecule has 0 saturated heterocycles. The molecular weight excluding hydrogens is 337 g/mol. The molecule has 0 bridgehead atoms. The van der Waals surface area contributed by atoms with E-state index in [1.807, 2.05) is 0 Å². The van der Waals surface area contributed by atoms with Crippen molar-refractivity contribution < 1.29 is 9.53 Å². The van der Waals surface area contributed by atoms with Crippen molar-refractivity contribution in [3.05, 3.63) is 52.0 Å². The van der Waals surface area contributed by atoms with E-state index in [9.17, 15) is 4.79 Å². The third-order valence-electron chi connectivity index (χ3n) is 3.10. The zero-order valence-electron chi connectivity index (χ0n) is 12.5. The van der Waals surface area contributed by atoms with Crippen LogP contribution < -0.4 is 16.4 Å². The Bertz CT molecular complexity index is 708. The number of carbonyl (C=O) groups is 1. The molecule has 5 nitrogen and oxygen atoms in total. The van der Waals surface area contributed by atoms with Crippen LogP contribution in [0.4, 0.5) is 17.1 Å². The predicted octanol–water partition coefficient (Wildman–Crippen LogP) is 3.70. The van der Waals surface area contributed by atoms with E-state index < -0.39 is 0 Å². The summed E-state index contributed by atoms with van der Waals surface area (Å²) in [5.41, 5.74) is 8.37. The number of methoxy groups -OCH3 is 1. The molecule has 0 heterocycles. The van der Waals surface area contributed by atoms with Crippen molar-refractivity contribution in [3.8, 4) is 0 Å². The van der Waals surface area contributed by atoms with Gasteiger partial charge in [-0.25, -0.2) is 0 Å². The Balaban J connectivity index is 2.09. The molecule has 0 unspecified atom stereocenters. The van der Waals surface area contributed by atoms with Gasteiger partial charge in [0.05, 0.1) is 28.0 Å². The van der Waals surface area contributed by atoms with E-state index in [4.69, 9.17) is 33.7 Å². The third-order valence-corrected chi connectivity index (χ3v) is 3.84. The van der Waals surface area contributed by atoms with E-state index in [0.29, 0.717) is 40.1 Å². The fourth-order valence-electron chi connectivity index (χ4n) is 1.92. The van der Waals surface area contributed by atoms with Gasteiger partial charge in [0.15, 0.2) is 0 Å². The van der Waals surface area contributed by atoms with Gasteiger partial charge >= 0.3 is 0 Å². The summed E-state index contributed by atoms with van der Waals surface area (Å²) in [6.45, 7) is 0.900. The van der Waals surface area contributed by atoms with E-state index in [-0.39, 0.29) is 5.91 Å². The summed E-state index contributed by atoms with van der Waals surface area (Å²) in [4.78, 5) is 11.9. The number of ether oxygens (including phenoxy) is 1. The van der Waals surface area contributed by atoms with Crippen LogP contribution in [0, 0.1) is 0 Å². The molecule has 1 amide bonds. The molecule has 0 spiro atoms. The van der Waals surface area contributed by atoms with Gasteiger partial charge in [0.25, 0.3) is 5.91 Å². The molecule has 2 aromatic carbocycles. The molecule has 122 valence electrons. The SMILES string of the molecule is COCCNC(=O)c1ccc(Nc2ccc(Cl)c(Cl)c2)c(N)c1. The van der Waals surface area contributed by atoms with Crippen LogP contribution in [-0.2, 0) is 4.74 Å². The Hall–Kier alpha value is -1.95. The van der Waals surface area contributed by atoms with E-state index in [2.05, 4.69) is 10.6 Å². The first kappa shape index (κ1) is 17.4. The minimum atomic E-state index is -0.199. The number of nitrogens with two attached hydrogens (primary N) is 1. The average molecular weight is 354 g/mol. The van der Waals surface area contributed by atoms with Crippen molar-refractivity contribution in [1.82, 2.24) is 5.32 Å². The molecule has 0 fully saturated rings. The molecular formula is C16H17Cl2N3O2. The van der Waals surface area contributed by atoms with Crippen LogP contribution in [0.1, 0.15) is 10.4 Å². The number of hydrogen-bond acceptors (Lipinski definition) is 4. The van der Waals surface area contributed by atoms with Gasteiger partial charge in [-0.1, -0.05) is 23.2 Å². The topological polar surface area (TPSA) is 76.4 Å². The minimum Gasteiger partial charge on any atom is -0.397 e. The second-order valence-electron chi connectivity index (χ2n) is 4.80. The second-order valence-corrected chi connectivity index (χ2v) is 5.62. The molecule has 0 atom stereocenters. The number of carbonyl (C=O) groups excluding carboxylic acids is 1. The molecule has 0 aliphatic rings. The quantitative estimate of drug-likeness (QED) is 0.546. The Kier molecular flexibility index (Phi) is 6.10. The molecule has 4 N–H and O–H groups in total. The summed E-state index contributed by atoms with van der Waals surface area (Å²) in [5.74, 6) is -0.199. The molecule has 0 radical (unpaired) electrons. The standard InChI is InChI=1S/C16H17Cl2N3O2/c1-23-7-6-20-16(22)10-2-5-15(14(19)8-10)21-11-3-4-12(17)13(18)9-11/h2-5,8-9,21H,6-7,19H2,1H3,(H,20,22). The lowest BCUT2D eigenvalue weighted by atomic mass is 10.1. The van der Waals surface area contributed by atoms with Crippen molar-refractivity contribution >= 4 is 46.2 Å². The van der Waals surface area contributed by atoms with Gasteiger partial charge in [0.2, 0.25) is 0 Å². The van der Waals surface area contributed by atoms with E-state index in [1.54, 1.807) is 43.5 Å². The average Bonchev–Trinajstić information content (AvgIpc) is 2.53. The Morgan fingerprint density at radius 2 is 1.96 bits per heavy atom. The van der Waals surface area contributed by atoms with Gasteiger partial charge < -0.3 is 21.1 Å². The van der Waals surface area contributed by atoms with Crippen LogP contribution in [-0.4, -0.2) is 26.2 Å². The molecule has 7 heteroatoms. The zero-order valence-corrected chi connectivity index (χ0v) is 14.0. The zero-order chi connectivity index (χ0) is 16.8. The number of hydrogen-bond donors (Lipinski definition) is 3. The molecule has 2 rings (SSSR count). The maximum absolute atomic E-state index is 11.9. The Morgan fingerprint density at radius 3 is 2.61 bits per heavy atom. The molecule has 23 heavy (non-hydrogen) atoms. The van der Waals surface area contributed by atoms with Crippen LogP contribution >= 0.6 is 23.2 Å². The lowest BCUT2D eigenvalue weighted by Gasteiger charge is -2.12. The second kappa shape index (κ2) is 8.06. The van der Waals surface area contributed by atoms with Gasteiger partial charge in [-0.3, -0.25) is 4.79 Å². The number of nitrogen functional groups attached to an aromatic ring is 1. The normalized spacial score (nSPS) is 10.4. The number of nitrogens with one attached hydrogen (secondary N) is 2. The van der Waals surface area contributed by atoms with Crippen molar-refractivity contribution in [3.63, 3.8) is 0 Å². The number of amides is 1. The van der Waals surface area contributed by atoms with Crippen LogP contribution in [0.15, 0.2) is 36.4 Å². The monoisotopic (exact) mass is 353 g/mol. The first-order valence-corrected chi connectivity index (χ1v) is 7.65. The predicted molar refractivity (Wildman–Crippen MR) is 94.8 cm³/mol. The molecule has 0 aliphatic heterocycles. The van der Waals surface area contributed by atoms with Gasteiger partial charge in [-0.05, 0) is 36.4 Å². The fourth-order valence-corrected chi connectivity index (χ4v) is 2.21. The minimum absolute atomic E-state index is 0.199. The molecule has 0 saturated carbocycles. The fraction of sp³-hybridized carbons (Fsp3) is 0.188. The summed E-state index contributed by atoms with van der Waals surface area (Å²) in [7, 11) is 1.58. The lowest BCUT2D eigenvalue weighted by molar-refractivity contribution is 0.0937. The number of halogens is 2. The highest BCUT2D eigenvalue weighted by Crippen LogP contribution is 2.29. The van der Waals surface area contributed by atoms with Crippen LogP contribution in [0.25, 0.3) is 0 Å². The van der Waals surface area contributed by atoms with Gasteiger partial charge in [-0.2, -0.15) is 0 Å².